The van der Waals surface area contributed by atoms with Crippen LogP contribution in [0.15, 0.2) is 18.2 Å². The van der Waals surface area contributed by atoms with Crippen molar-refractivity contribution in [2.24, 2.45) is 0 Å². The second-order valence-electron chi connectivity index (χ2n) is 6.86. The van der Waals surface area contributed by atoms with Crippen molar-refractivity contribution in [1.82, 2.24) is 9.80 Å². The van der Waals surface area contributed by atoms with Crippen LogP contribution >= 0.6 is 11.6 Å². The van der Waals surface area contributed by atoms with Crippen molar-refractivity contribution in [2.75, 3.05) is 44.7 Å². The van der Waals surface area contributed by atoms with Gasteiger partial charge in [-0.25, -0.2) is 0 Å². The van der Waals surface area contributed by atoms with E-state index in [1.165, 1.54) is 0 Å². The van der Waals surface area contributed by atoms with Crippen molar-refractivity contribution in [3.63, 3.8) is 0 Å². The van der Waals surface area contributed by atoms with Crippen LogP contribution in [0.5, 0.6) is 0 Å². The third-order valence-corrected chi connectivity index (χ3v) is 5.09. The Morgan fingerprint density at radius 2 is 1.87 bits per heavy atom. The van der Waals surface area contributed by atoms with E-state index in [4.69, 9.17) is 11.6 Å². The minimum absolute atomic E-state index is 0.00468. The third-order valence-electron chi connectivity index (χ3n) is 4.85. The first-order chi connectivity index (χ1) is 10.8. The highest BCUT2D eigenvalue weighted by molar-refractivity contribution is 6.31. The van der Waals surface area contributed by atoms with Crippen molar-refractivity contribution in [3.05, 3.63) is 28.8 Å². The minimum Gasteiger partial charge on any atom is -0.339 e. The standard InChI is InChI=1S/C17H22ClN3O2/c1-17(2)13-10-12(18)4-5-14(13)21(16(17)23)11-15(22)20-8-6-19(3)7-9-20/h4-5,10H,6-9,11H2,1-3H3. The lowest BCUT2D eigenvalue weighted by Gasteiger charge is -2.33. The van der Waals surface area contributed by atoms with Crippen molar-refractivity contribution in [2.45, 2.75) is 19.3 Å². The van der Waals surface area contributed by atoms with Gasteiger partial charge in [0.05, 0.1) is 5.41 Å². The predicted molar refractivity (Wildman–Crippen MR) is 90.9 cm³/mol. The molecule has 23 heavy (non-hydrogen) atoms. The molecular weight excluding hydrogens is 314 g/mol. The molecule has 0 atom stereocenters. The molecule has 1 saturated heterocycles. The number of anilines is 1. The number of carbonyl (C=O) groups is 2. The first-order valence-electron chi connectivity index (χ1n) is 7.89. The Balaban J connectivity index is 1.81. The summed E-state index contributed by atoms with van der Waals surface area (Å²) in [6, 6.07) is 5.43. The third kappa shape index (κ3) is 2.83. The lowest BCUT2D eigenvalue weighted by molar-refractivity contribution is -0.133. The lowest BCUT2D eigenvalue weighted by Crippen LogP contribution is -2.51. The zero-order valence-electron chi connectivity index (χ0n) is 13.8. The number of amides is 2. The van der Waals surface area contributed by atoms with Gasteiger partial charge in [0.1, 0.15) is 6.54 Å². The van der Waals surface area contributed by atoms with Gasteiger partial charge in [0, 0.05) is 36.9 Å². The summed E-state index contributed by atoms with van der Waals surface area (Å²) in [6.45, 7) is 7.04. The van der Waals surface area contributed by atoms with Crippen LogP contribution < -0.4 is 4.90 Å². The van der Waals surface area contributed by atoms with Crippen LogP contribution in [0.1, 0.15) is 19.4 Å². The Labute approximate surface area is 141 Å². The summed E-state index contributed by atoms with van der Waals surface area (Å²) in [5.74, 6) is -0.0395. The molecule has 3 rings (SSSR count). The maximum absolute atomic E-state index is 12.8. The van der Waals surface area contributed by atoms with Gasteiger partial charge in [-0.05, 0) is 44.7 Å². The molecule has 2 heterocycles. The van der Waals surface area contributed by atoms with E-state index < -0.39 is 5.41 Å². The summed E-state index contributed by atoms with van der Waals surface area (Å²) >= 11 is 6.08. The molecule has 124 valence electrons. The molecule has 1 aromatic carbocycles. The monoisotopic (exact) mass is 335 g/mol. The number of benzene rings is 1. The highest BCUT2D eigenvalue weighted by Gasteiger charge is 2.44. The van der Waals surface area contributed by atoms with Gasteiger partial charge in [-0.3, -0.25) is 9.59 Å². The van der Waals surface area contributed by atoms with Crippen LogP contribution in [0.3, 0.4) is 0 Å². The van der Waals surface area contributed by atoms with E-state index in [9.17, 15) is 9.59 Å². The Kier molecular flexibility index (Phi) is 4.10. The number of carbonyl (C=O) groups excluding carboxylic acids is 2. The van der Waals surface area contributed by atoms with Gasteiger partial charge >= 0.3 is 0 Å². The molecule has 1 fully saturated rings. The van der Waals surface area contributed by atoms with Gasteiger partial charge < -0.3 is 14.7 Å². The predicted octanol–water partition coefficient (Wildman–Crippen LogP) is 1.74. The smallest absolute Gasteiger partial charge is 0.242 e. The average molecular weight is 336 g/mol. The summed E-state index contributed by atoms with van der Waals surface area (Å²) in [4.78, 5) is 31.0. The minimum atomic E-state index is -0.650. The Bertz CT molecular complexity index is 651. The molecule has 0 unspecified atom stereocenters. The molecule has 2 aliphatic heterocycles. The van der Waals surface area contributed by atoms with E-state index in [1.54, 1.807) is 11.0 Å². The lowest BCUT2D eigenvalue weighted by atomic mass is 9.86. The molecule has 0 aromatic heterocycles. The molecule has 0 spiro atoms. The summed E-state index contributed by atoms with van der Waals surface area (Å²) < 4.78 is 0. The molecule has 0 saturated carbocycles. The van der Waals surface area contributed by atoms with Crippen LogP contribution in [0.4, 0.5) is 5.69 Å². The summed E-state index contributed by atoms with van der Waals surface area (Å²) in [7, 11) is 2.05. The van der Waals surface area contributed by atoms with Gasteiger partial charge in [0.25, 0.3) is 0 Å². The van der Waals surface area contributed by atoms with E-state index >= 15 is 0 Å². The first kappa shape index (κ1) is 16.3. The number of piperazine rings is 1. The average Bonchev–Trinajstić information content (AvgIpc) is 2.69. The van der Waals surface area contributed by atoms with Crippen LogP contribution in [-0.4, -0.2) is 61.4 Å². The molecule has 2 amide bonds. The molecule has 1 aromatic rings. The number of rotatable bonds is 2. The van der Waals surface area contributed by atoms with E-state index in [2.05, 4.69) is 4.90 Å². The first-order valence-corrected chi connectivity index (χ1v) is 8.27. The number of fused-ring (bicyclic) bond motifs is 1. The highest BCUT2D eigenvalue weighted by atomic mass is 35.5. The zero-order chi connectivity index (χ0) is 16.8. The van der Waals surface area contributed by atoms with Crippen molar-refractivity contribution in [3.8, 4) is 0 Å². The highest BCUT2D eigenvalue weighted by Crippen LogP contribution is 2.42. The van der Waals surface area contributed by atoms with Gasteiger partial charge in [-0.15, -0.1) is 0 Å². The fourth-order valence-corrected chi connectivity index (χ4v) is 3.43. The van der Waals surface area contributed by atoms with Gasteiger partial charge in [-0.2, -0.15) is 0 Å². The topological polar surface area (TPSA) is 43.9 Å². The van der Waals surface area contributed by atoms with Crippen LogP contribution in [0.2, 0.25) is 5.02 Å². The van der Waals surface area contributed by atoms with Crippen molar-refractivity contribution in [1.29, 1.82) is 0 Å². The Morgan fingerprint density at radius 3 is 2.52 bits per heavy atom. The maximum Gasteiger partial charge on any atom is 0.242 e. The van der Waals surface area contributed by atoms with Crippen molar-refractivity contribution >= 4 is 29.1 Å². The molecular formula is C17H22ClN3O2. The number of halogens is 1. The van der Waals surface area contributed by atoms with E-state index in [1.807, 2.05) is 37.9 Å². The fourth-order valence-electron chi connectivity index (χ4n) is 3.25. The van der Waals surface area contributed by atoms with E-state index in [-0.39, 0.29) is 18.4 Å². The van der Waals surface area contributed by atoms with Gasteiger partial charge in [0.2, 0.25) is 11.8 Å². The molecule has 0 radical (unpaired) electrons. The quantitative estimate of drug-likeness (QED) is 0.827. The summed E-state index contributed by atoms with van der Waals surface area (Å²) in [5.41, 5.74) is 1.04. The second kappa shape index (κ2) is 5.80. The molecule has 0 aliphatic carbocycles. The molecule has 0 bridgehead atoms. The maximum atomic E-state index is 12.8. The van der Waals surface area contributed by atoms with Crippen molar-refractivity contribution < 1.29 is 9.59 Å². The molecule has 5 nitrogen and oxygen atoms in total. The van der Waals surface area contributed by atoms with Gasteiger partial charge in [-0.1, -0.05) is 11.6 Å². The van der Waals surface area contributed by atoms with Gasteiger partial charge in [0.15, 0.2) is 0 Å². The van der Waals surface area contributed by atoms with Crippen LogP contribution in [0.25, 0.3) is 0 Å². The SMILES string of the molecule is CN1CCN(C(=O)CN2C(=O)C(C)(C)c3cc(Cl)ccc32)CC1. The zero-order valence-corrected chi connectivity index (χ0v) is 14.6. The number of likely N-dealkylation sites (N-methyl/N-ethyl adjacent to an activating group) is 1. The largest absolute Gasteiger partial charge is 0.339 e. The fraction of sp³-hybridized carbons (Fsp3) is 0.529. The number of nitrogens with zero attached hydrogens (tertiary/aromatic N) is 3. The second-order valence-corrected chi connectivity index (χ2v) is 7.30. The molecule has 0 N–H and O–H groups in total. The number of hydrogen-bond acceptors (Lipinski definition) is 3. The summed E-state index contributed by atoms with van der Waals surface area (Å²) in [5, 5.41) is 0.608. The van der Waals surface area contributed by atoms with E-state index in [0.717, 1.165) is 24.3 Å². The molecule has 2 aliphatic rings. The van der Waals surface area contributed by atoms with Crippen LogP contribution in [0, 0.1) is 0 Å². The molecule has 6 heteroatoms. The van der Waals surface area contributed by atoms with Crippen LogP contribution in [-0.2, 0) is 15.0 Å². The normalized spacial score (nSPS) is 20.8. The Morgan fingerprint density at radius 1 is 1.22 bits per heavy atom. The summed E-state index contributed by atoms with van der Waals surface area (Å²) in [6.07, 6.45) is 0. The van der Waals surface area contributed by atoms with E-state index in [0.29, 0.717) is 18.1 Å². The number of hydrogen-bond donors (Lipinski definition) is 0. The Hall–Kier alpha value is -1.59.